The molecule has 0 fully saturated rings. The number of hydrogen-bond acceptors (Lipinski definition) is 5. The molecule has 292 valence electrons. The lowest BCUT2D eigenvalue weighted by Gasteiger charge is -2.11. The van der Waals surface area contributed by atoms with Gasteiger partial charge in [-0.25, -0.2) is 31.9 Å². The third-order valence-corrected chi connectivity index (χ3v) is 10.3. The van der Waals surface area contributed by atoms with Gasteiger partial charge in [-0.15, -0.1) is 0 Å². The van der Waals surface area contributed by atoms with Gasteiger partial charge in [-0.2, -0.15) is 0 Å². The average molecular weight is 795 g/mol. The first-order valence-electron chi connectivity index (χ1n) is 18.3. The molecule has 4 aromatic carbocycles. The van der Waals surface area contributed by atoms with E-state index in [2.05, 4.69) is 9.97 Å². The molecule has 0 atom stereocenters. The third-order valence-electron chi connectivity index (χ3n) is 10.3. The van der Waals surface area contributed by atoms with Crippen molar-refractivity contribution in [3.63, 3.8) is 0 Å². The first-order valence-corrected chi connectivity index (χ1v) is 18.3. The highest BCUT2D eigenvalue weighted by atomic mass is 19.2. The highest BCUT2D eigenvalue weighted by Crippen LogP contribution is 2.41. The topological polar surface area (TPSA) is 85.1 Å². The van der Waals surface area contributed by atoms with E-state index in [1.165, 1.54) is 12.2 Å². The summed E-state index contributed by atoms with van der Waals surface area (Å²) in [5.74, 6) is -8.57. The Labute approximate surface area is 333 Å². The summed E-state index contributed by atoms with van der Waals surface area (Å²) in [4.78, 5) is 16.9. The lowest BCUT2D eigenvalue weighted by molar-refractivity contribution is 0.381. The summed E-state index contributed by atoms with van der Waals surface area (Å²) in [6, 6.07) is 29.8. The van der Waals surface area contributed by atoms with Gasteiger partial charge in [0.25, 0.3) is 0 Å². The minimum absolute atomic E-state index is 0.0728. The first-order chi connectivity index (χ1) is 28.7. The van der Waals surface area contributed by atoms with Crippen LogP contribution >= 0.6 is 0 Å². The molecule has 0 aliphatic carbocycles. The molecule has 7 aromatic rings. The maximum Gasteiger partial charge on any atom is 0.200 e. The SMILES string of the molecule is COc1ccc(-c2c3nc(c(-c4c(F)c(F)c(F)c(F)c4F)c4nc(c(-c5ccc(OC)cc5)c5ccc([nH]5)c(-c5ccc(OC)cc5)c5ccc2[nH]5)C=C4)C=C3)cc1. The Morgan fingerprint density at radius 3 is 0.966 bits per heavy atom. The van der Waals surface area contributed by atoms with E-state index in [0.29, 0.717) is 61.9 Å². The lowest BCUT2D eigenvalue weighted by atomic mass is 10.00. The Hall–Kier alpha value is -7.47. The summed E-state index contributed by atoms with van der Waals surface area (Å²) in [6.45, 7) is 0. The largest absolute Gasteiger partial charge is 0.497 e. The van der Waals surface area contributed by atoms with Gasteiger partial charge in [0, 0.05) is 44.3 Å². The van der Waals surface area contributed by atoms with Gasteiger partial charge in [-0.3, -0.25) is 0 Å². The number of H-pyrrole nitrogens is 2. The normalized spacial score (nSPS) is 11.9. The quantitative estimate of drug-likeness (QED) is 0.0953. The van der Waals surface area contributed by atoms with Crippen LogP contribution in [0.1, 0.15) is 22.8 Å². The van der Waals surface area contributed by atoms with Crippen molar-refractivity contribution in [2.45, 2.75) is 0 Å². The molecule has 59 heavy (non-hydrogen) atoms. The number of halogens is 5. The summed E-state index contributed by atoms with van der Waals surface area (Å²) in [7, 11) is 4.71. The molecule has 9 rings (SSSR count). The van der Waals surface area contributed by atoms with Crippen LogP contribution in [0, 0.1) is 29.1 Å². The fourth-order valence-electron chi connectivity index (χ4n) is 7.48. The summed E-state index contributed by atoms with van der Waals surface area (Å²) in [6.07, 6.45) is 6.21. The molecule has 2 aliphatic rings. The van der Waals surface area contributed by atoms with Crippen LogP contribution in [-0.4, -0.2) is 41.3 Å². The molecule has 0 spiro atoms. The van der Waals surface area contributed by atoms with Crippen LogP contribution in [0.5, 0.6) is 17.2 Å². The Bertz CT molecular complexity index is 2870. The van der Waals surface area contributed by atoms with Crippen molar-refractivity contribution in [3.05, 3.63) is 149 Å². The van der Waals surface area contributed by atoms with Crippen LogP contribution in [0.4, 0.5) is 22.0 Å². The van der Waals surface area contributed by atoms with Gasteiger partial charge < -0.3 is 24.2 Å². The maximum atomic E-state index is 15.9. The lowest BCUT2D eigenvalue weighted by Crippen LogP contribution is -2.06. The molecule has 12 heteroatoms. The van der Waals surface area contributed by atoms with Crippen molar-refractivity contribution in [2.24, 2.45) is 0 Å². The van der Waals surface area contributed by atoms with E-state index in [0.717, 1.165) is 22.2 Å². The standard InChI is InChI=1S/C47H31F5N4O3/c1-57-27-10-4-24(5-11-27)38-30-16-18-32(53-30)39(25-6-12-28(58-2)13-7-25)34-20-22-36(55-34)41(42-43(48)45(50)47(52)46(51)44(42)49)37-23-21-35(56-37)40(33-19-17-31(38)54-33)26-8-14-29(59-3)15-9-26/h4-23,53-54H,1-3H3. The Balaban J connectivity index is 1.48. The van der Waals surface area contributed by atoms with Crippen molar-refractivity contribution in [1.82, 2.24) is 19.9 Å². The van der Waals surface area contributed by atoms with Crippen molar-refractivity contribution in [2.75, 3.05) is 21.3 Å². The van der Waals surface area contributed by atoms with E-state index >= 15 is 17.6 Å². The Morgan fingerprint density at radius 2 is 0.627 bits per heavy atom. The Morgan fingerprint density at radius 1 is 0.339 bits per heavy atom. The van der Waals surface area contributed by atoms with E-state index in [1.54, 1.807) is 57.7 Å². The number of rotatable bonds is 7. The van der Waals surface area contributed by atoms with Crippen molar-refractivity contribution >= 4 is 46.4 Å². The third kappa shape index (κ3) is 6.38. The molecule has 0 amide bonds. The zero-order valence-corrected chi connectivity index (χ0v) is 31.6. The fraction of sp³-hybridized carbons (Fsp3) is 0.0638. The van der Waals surface area contributed by atoms with Crippen LogP contribution in [0.25, 0.3) is 90.9 Å². The number of methoxy groups -OCH3 is 3. The molecular formula is C47H31F5N4O3. The molecule has 5 heterocycles. The number of hydrogen-bond donors (Lipinski definition) is 2. The number of nitrogens with zero attached hydrogens (tertiary/aromatic N) is 2. The van der Waals surface area contributed by atoms with Crippen LogP contribution in [0.2, 0.25) is 0 Å². The number of nitrogens with one attached hydrogen (secondary N) is 2. The molecule has 0 unspecified atom stereocenters. The Kier molecular flexibility index (Phi) is 9.31. The second kappa shape index (κ2) is 14.8. The van der Waals surface area contributed by atoms with Crippen LogP contribution in [0.3, 0.4) is 0 Å². The van der Waals surface area contributed by atoms with E-state index in [1.807, 2.05) is 72.8 Å². The second-order valence-electron chi connectivity index (χ2n) is 13.6. The molecule has 0 saturated carbocycles. The van der Waals surface area contributed by atoms with Gasteiger partial charge in [0.1, 0.15) is 17.2 Å². The molecule has 8 bridgehead atoms. The zero-order valence-electron chi connectivity index (χ0n) is 31.6. The molecule has 3 aromatic heterocycles. The molecular weight excluding hydrogens is 764 g/mol. The van der Waals surface area contributed by atoms with Crippen LogP contribution < -0.4 is 14.2 Å². The van der Waals surface area contributed by atoms with Crippen molar-refractivity contribution in [3.8, 4) is 61.8 Å². The van der Waals surface area contributed by atoms with Crippen LogP contribution in [0.15, 0.2) is 97.1 Å². The molecule has 7 nitrogen and oxygen atoms in total. The van der Waals surface area contributed by atoms with Crippen LogP contribution in [-0.2, 0) is 0 Å². The number of ether oxygens (including phenoxy) is 3. The van der Waals surface area contributed by atoms with Gasteiger partial charge in [0.15, 0.2) is 23.3 Å². The maximum absolute atomic E-state index is 15.9. The van der Waals surface area contributed by atoms with E-state index in [-0.39, 0.29) is 17.0 Å². The first kappa shape index (κ1) is 37.1. The van der Waals surface area contributed by atoms with Gasteiger partial charge in [-0.1, -0.05) is 36.4 Å². The summed E-state index contributed by atoms with van der Waals surface area (Å²) in [5.41, 5.74) is 5.97. The summed E-state index contributed by atoms with van der Waals surface area (Å²) in [5, 5.41) is 0. The molecule has 0 saturated heterocycles. The predicted molar refractivity (Wildman–Crippen MR) is 220 cm³/mol. The second-order valence-corrected chi connectivity index (χ2v) is 13.6. The smallest absolute Gasteiger partial charge is 0.200 e. The highest BCUT2D eigenvalue weighted by Gasteiger charge is 2.30. The molecule has 0 radical (unpaired) electrons. The summed E-state index contributed by atoms with van der Waals surface area (Å²) < 4.78 is 92.5. The predicted octanol–water partition coefficient (Wildman–Crippen LogP) is 12.0. The van der Waals surface area contributed by atoms with E-state index in [9.17, 15) is 4.39 Å². The van der Waals surface area contributed by atoms with E-state index in [4.69, 9.17) is 24.2 Å². The average Bonchev–Trinajstić information content (AvgIpc) is 4.12. The number of benzene rings is 4. The zero-order chi connectivity index (χ0) is 40.9. The minimum atomic E-state index is -2.27. The van der Waals surface area contributed by atoms with Gasteiger partial charge in [0.2, 0.25) is 5.82 Å². The minimum Gasteiger partial charge on any atom is -0.497 e. The van der Waals surface area contributed by atoms with Gasteiger partial charge in [0.05, 0.1) is 49.7 Å². The molecule has 2 aliphatic heterocycles. The number of aromatic nitrogens is 4. The number of fused-ring (bicyclic) bond motifs is 8. The van der Waals surface area contributed by atoms with Gasteiger partial charge >= 0.3 is 0 Å². The number of aromatic amines is 2. The fourth-order valence-corrected chi connectivity index (χ4v) is 7.48. The van der Waals surface area contributed by atoms with Crippen molar-refractivity contribution in [1.29, 1.82) is 0 Å². The monoisotopic (exact) mass is 794 g/mol. The van der Waals surface area contributed by atoms with Crippen molar-refractivity contribution < 1.29 is 36.2 Å². The highest BCUT2D eigenvalue weighted by molar-refractivity contribution is 6.00. The molecule has 2 N–H and O–H groups in total. The van der Waals surface area contributed by atoms with E-state index < -0.39 is 34.6 Å². The summed E-state index contributed by atoms with van der Waals surface area (Å²) >= 11 is 0. The van der Waals surface area contributed by atoms with Gasteiger partial charge in [-0.05, 0) is 102 Å².